The topological polar surface area (TPSA) is 41.6 Å². The van der Waals surface area contributed by atoms with Crippen molar-refractivity contribution in [2.75, 3.05) is 36.5 Å². The number of hydrogen-bond acceptors (Lipinski definition) is 3. The number of nitrogens with one attached hydrogen (secondary N) is 1. The van der Waals surface area contributed by atoms with Gasteiger partial charge in [0.25, 0.3) is 0 Å². The lowest BCUT2D eigenvalue weighted by molar-refractivity contribution is -0.136. The highest BCUT2D eigenvalue weighted by molar-refractivity contribution is 5.92. The minimum atomic E-state index is -4.56. The second kappa shape index (κ2) is 8.86. The molecular weight excluding hydrogens is 381 g/mol. The summed E-state index contributed by atoms with van der Waals surface area (Å²) in [5.74, 6) is -0.436. The number of aryl methyl sites for hydroxylation is 3. The van der Waals surface area contributed by atoms with Gasteiger partial charge in [0, 0.05) is 25.2 Å². The maximum Gasteiger partial charge on any atom is 0.418 e. The molecule has 1 saturated heterocycles. The van der Waals surface area contributed by atoms with Crippen LogP contribution in [0.1, 0.15) is 28.7 Å². The van der Waals surface area contributed by atoms with Gasteiger partial charge < -0.3 is 15.0 Å². The quantitative estimate of drug-likeness (QED) is 0.781. The van der Waals surface area contributed by atoms with Crippen LogP contribution in [0.5, 0.6) is 0 Å². The van der Waals surface area contributed by atoms with E-state index in [1.807, 2.05) is 36.9 Å². The third kappa shape index (κ3) is 5.50. The minimum Gasteiger partial charge on any atom is -0.378 e. The zero-order chi connectivity index (χ0) is 21.0. The lowest BCUT2D eigenvalue weighted by Crippen LogP contribution is -2.36. The van der Waals surface area contributed by atoms with Gasteiger partial charge in [-0.15, -0.1) is 0 Å². The molecule has 0 radical (unpaired) electrons. The molecule has 2 aromatic rings. The van der Waals surface area contributed by atoms with Crippen LogP contribution in [-0.2, 0) is 22.1 Å². The van der Waals surface area contributed by atoms with Gasteiger partial charge in [-0.1, -0.05) is 23.8 Å². The summed E-state index contributed by atoms with van der Waals surface area (Å²) >= 11 is 0. The number of carbonyl (C=O) groups excluding carboxylic acids is 1. The molecule has 29 heavy (non-hydrogen) atoms. The Morgan fingerprint density at radius 3 is 2.48 bits per heavy atom. The largest absolute Gasteiger partial charge is 0.418 e. The van der Waals surface area contributed by atoms with Crippen molar-refractivity contribution < 1.29 is 22.7 Å². The fourth-order valence-corrected chi connectivity index (χ4v) is 3.48. The number of morpholine rings is 1. The van der Waals surface area contributed by atoms with Gasteiger partial charge >= 0.3 is 6.18 Å². The summed E-state index contributed by atoms with van der Waals surface area (Å²) in [5, 5.41) is 2.45. The molecule has 0 unspecified atom stereocenters. The van der Waals surface area contributed by atoms with Crippen LogP contribution in [0.2, 0.25) is 0 Å². The normalized spacial score (nSPS) is 14.7. The summed E-state index contributed by atoms with van der Waals surface area (Å²) in [6.45, 7) is 6.00. The van der Waals surface area contributed by atoms with E-state index in [9.17, 15) is 18.0 Å². The van der Waals surface area contributed by atoms with Crippen molar-refractivity contribution in [1.29, 1.82) is 0 Å². The number of benzene rings is 2. The number of carbonyl (C=O) groups is 1. The van der Waals surface area contributed by atoms with Gasteiger partial charge in [0.2, 0.25) is 5.91 Å². The molecule has 0 saturated carbocycles. The third-order valence-electron chi connectivity index (χ3n) is 5.08. The molecule has 1 heterocycles. The van der Waals surface area contributed by atoms with E-state index in [2.05, 4.69) is 5.32 Å². The molecule has 0 aromatic heterocycles. The Morgan fingerprint density at radius 1 is 1.10 bits per heavy atom. The lowest BCUT2D eigenvalue weighted by Gasteiger charge is -2.29. The van der Waals surface area contributed by atoms with Gasteiger partial charge in [-0.05, 0) is 49.6 Å². The van der Waals surface area contributed by atoms with Gasteiger partial charge in [-0.3, -0.25) is 4.79 Å². The Bertz CT molecular complexity index is 875. The highest BCUT2D eigenvalue weighted by Crippen LogP contribution is 2.37. The fraction of sp³-hybridized carbons (Fsp3) is 0.409. The second-order valence-electron chi connectivity index (χ2n) is 7.31. The predicted molar refractivity (Wildman–Crippen MR) is 107 cm³/mol. The maximum atomic E-state index is 13.6. The molecule has 3 rings (SSSR count). The average molecular weight is 406 g/mol. The molecule has 0 aliphatic carbocycles. The second-order valence-corrected chi connectivity index (χ2v) is 7.31. The summed E-state index contributed by atoms with van der Waals surface area (Å²) < 4.78 is 46.0. The zero-order valence-corrected chi connectivity index (χ0v) is 16.6. The molecule has 0 bridgehead atoms. The van der Waals surface area contributed by atoms with E-state index in [-0.39, 0.29) is 12.1 Å². The van der Waals surface area contributed by atoms with Gasteiger partial charge in [0.1, 0.15) is 0 Å². The van der Waals surface area contributed by atoms with Gasteiger partial charge in [0.15, 0.2) is 0 Å². The number of amides is 1. The van der Waals surface area contributed by atoms with E-state index in [1.165, 1.54) is 6.07 Å². The molecule has 1 amide bonds. The number of rotatable bonds is 5. The smallest absolute Gasteiger partial charge is 0.378 e. The van der Waals surface area contributed by atoms with Crippen LogP contribution >= 0.6 is 0 Å². The average Bonchev–Trinajstić information content (AvgIpc) is 2.67. The Kier molecular flexibility index (Phi) is 6.47. The lowest BCUT2D eigenvalue weighted by atomic mass is 10.0. The monoisotopic (exact) mass is 406 g/mol. The molecule has 4 nitrogen and oxygen atoms in total. The van der Waals surface area contributed by atoms with Crippen LogP contribution in [0.4, 0.5) is 24.5 Å². The Labute approximate surface area is 168 Å². The van der Waals surface area contributed by atoms with Crippen LogP contribution in [0, 0.1) is 13.8 Å². The number of alkyl halides is 3. The standard InChI is InChI=1S/C22H25F3N2O2/c1-15-3-4-17(16(2)13-15)5-8-21(28)26-20-7-6-18(14-19(20)22(23,24)25)27-9-11-29-12-10-27/h3-4,6-7,13-14H,5,8-12H2,1-2H3,(H,26,28). The van der Waals surface area contributed by atoms with Crippen LogP contribution in [0.3, 0.4) is 0 Å². The van der Waals surface area contributed by atoms with Crippen LogP contribution in [0.25, 0.3) is 0 Å². The molecule has 1 fully saturated rings. The Balaban J connectivity index is 1.72. The summed E-state index contributed by atoms with van der Waals surface area (Å²) in [5.41, 5.74) is 2.66. The van der Waals surface area contributed by atoms with E-state index in [0.29, 0.717) is 38.4 Å². The summed E-state index contributed by atoms with van der Waals surface area (Å²) in [7, 11) is 0. The van der Waals surface area contributed by atoms with Gasteiger partial charge in [-0.2, -0.15) is 13.2 Å². The molecular formula is C22H25F3N2O2. The first-order chi connectivity index (χ1) is 13.7. The highest BCUT2D eigenvalue weighted by Gasteiger charge is 2.34. The molecule has 156 valence electrons. The number of nitrogens with zero attached hydrogens (tertiary/aromatic N) is 1. The number of halogens is 3. The zero-order valence-electron chi connectivity index (χ0n) is 16.6. The van der Waals surface area contributed by atoms with Crippen molar-refractivity contribution in [3.63, 3.8) is 0 Å². The van der Waals surface area contributed by atoms with E-state index in [0.717, 1.165) is 22.8 Å². The van der Waals surface area contributed by atoms with Crippen molar-refractivity contribution in [3.8, 4) is 0 Å². The van der Waals surface area contributed by atoms with Crippen molar-refractivity contribution in [2.45, 2.75) is 32.9 Å². The fourth-order valence-electron chi connectivity index (χ4n) is 3.48. The van der Waals surface area contributed by atoms with Crippen LogP contribution < -0.4 is 10.2 Å². The molecule has 0 spiro atoms. The van der Waals surface area contributed by atoms with E-state index < -0.39 is 17.6 Å². The first kappa shape index (κ1) is 21.2. The first-order valence-corrected chi connectivity index (χ1v) is 9.64. The van der Waals surface area contributed by atoms with Gasteiger partial charge in [0.05, 0.1) is 24.5 Å². The summed E-state index contributed by atoms with van der Waals surface area (Å²) in [4.78, 5) is 14.2. The molecule has 0 atom stereocenters. The number of hydrogen-bond donors (Lipinski definition) is 1. The third-order valence-corrected chi connectivity index (χ3v) is 5.08. The molecule has 1 aliphatic heterocycles. The van der Waals surface area contributed by atoms with Crippen molar-refractivity contribution in [3.05, 3.63) is 58.7 Å². The van der Waals surface area contributed by atoms with Crippen LogP contribution in [0.15, 0.2) is 36.4 Å². The summed E-state index contributed by atoms with van der Waals surface area (Å²) in [6.07, 6.45) is -3.96. The number of anilines is 2. The first-order valence-electron chi connectivity index (χ1n) is 9.64. The molecule has 2 aromatic carbocycles. The SMILES string of the molecule is Cc1ccc(CCC(=O)Nc2ccc(N3CCOCC3)cc2C(F)(F)F)c(C)c1. The Hall–Kier alpha value is -2.54. The predicted octanol–water partition coefficient (Wildman–Crippen LogP) is 4.73. The van der Waals surface area contributed by atoms with E-state index >= 15 is 0 Å². The maximum absolute atomic E-state index is 13.6. The summed E-state index contributed by atoms with van der Waals surface area (Å²) in [6, 6.07) is 10.00. The van der Waals surface area contributed by atoms with Crippen molar-refractivity contribution in [2.24, 2.45) is 0 Å². The van der Waals surface area contributed by atoms with Crippen molar-refractivity contribution in [1.82, 2.24) is 0 Å². The van der Waals surface area contributed by atoms with E-state index in [1.54, 1.807) is 6.07 Å². The van der Waals surface area contributed by atoms with Crippen molar-refractivity contribution >= 4 is 17.3 Å². The highest BCUT2D eigenvalue weighted by atomic mass is 19.4. The molecule has 1 N–H and O–H groups in total. The number of ether oxygens (including phenoxy) is 1. The van der Waals surface area contributed by atoms with Crippen LogP contribution in [-0.4, -0.2) is 32.2 Å². The van der Waals surface area contributed by atoms with E-state index in [4.69, 9.17) is 4.74 Å². The van der Waals surface area contributed by atoms with Gasteiger partial charge in [-0.25, -0.2) is 0 Å². The Morgan fingerprint density at radius 2 is 1.83 bits per heavy atom. The minimum absolute atomic E-state index is 0.117. The molecule has 1 aliphatic rings. The molecule has 7 heteroatoms.